The highest BCUT2D eigenvalue weighted by atomic mass is 35.5. The van der Waals surface area contributed by atoms with Crippen molar-refractivity contribution in [3.63, 3.8) is 0 Å². The molecule has 0 saturated carbocycles. The van der Waals surface area contributed by atoms with Gasteiger partial charge in [-0.15, -0.1) is 36.2 Å². The third-order valence-corrected chi connectivity index (χ3v) is 4.65. The summed E-state index contributed by atoms with van der Waals surface area (Å²) in [5.74, 6) is 0. The maximum atomic E-state index is 6.31. The van der Waals surface area contributed by atoms with E-state index in [4.69, 9.17) is 11.6 Å². The summed E-state index contributed by atoms with van der Waals surface area (Å²) < 4.78 is 0. The minimum absolute atomic E-state index is 0. The van der Waals surface area contributed by atoms with E-state index in [0.29, 0.717) is 5.15 Å². The lowest BCUT2D eigenvalue weighted by atomic mass is 10.0. The predicted octanol–water partition coefficient (Wildman–Crippen LogP) is 3.63. The van der Waals surface area contributed by atoms with Crippen LogP contribution in [-0.2, 0) is 0 Å². The summed E-state index contributed by atoms with van der Waals surface area (Å²) in [5.41, 5.74) is 1.11. The van der Waals surface area contributed by atoms with Gasteiger partial charge in [0.05, 0.1) is 6.04 Å². The van der Waals surface area contributed by atoms with E-state index >= 15 is 0 Å². The summed E-state index contributed by atoms with van der Waals surface area (Å²) in [6.45, 7) is 4.13. The summed E-state index contributed by atoms with van der Waals surface area (Å²) in [6.07, 6.45) is 1.75. The topological polar surface area (TPSA) is 28.2 Å². The molecule has 1 saturated heterocycles. The lowest BCUT2D eigenvalue weighted by Crippen LogP contribution is -2.45. The van der Waals surface area contributed by atoms with Gasteiger partial charge in [-0.2, -0.15) is 0 Å². The van der Waals surface area contributed by atoms with E-state index in [1.165, 1.54) is 4.88 Å². The third kappa shape index (κ3) is 4.31. The smallest absolute Gasteiger partial charge is 0.134 e. The molecule has 0 bridgehead atoms. The number of thiophene rings is 1. The van der Waals surface area contributed by atoms with Gasteiger partial charge in [0.2, 0.25) is 0 Å². The molecule has 7 heteroatoms. The monoisotopic (exact) mass is 365 g/mol. The first kappa shape index (κ1) is 18.7. The van der Waals surface area contributed by atoms with Gasteiger partial charge in [0.15, 0.2) is 0 Å². The van der Waals surface area contributed by atoms with Crippen molar-refractivity contribution in [1.29, 1.82) is 0 Å². The first-order valence-corrected chi connectivity index (χ1v) is 7.70. The van der Waals surface area contributed by atoms with E-state index in [-0.39, 0.29) is 30.9 Å². The summed E-state index contributed by atoms with van der Waals surface area (Å²) in [4.78, 5) is 8.04. The molecule has 0 amide bonds. The van der Waals surface area contributed by atoms with Crippen molar-refractivity contribution in [3.05, 3.63) is 51.4 Å². The average molecular weight is 367 g/mol. The number of piperazine rings is 1. The van der Waals surface area contributed by atoms with Gasteiger partial charge in [-0.1, -0.05) is 23.7 Å². The van der Waals surface area contributed by atoms with Crippen LogP contribution < -0.4 is 5.32 Å². The Kier molecular flexibility index (Phi) is 7.95. The zero-order valence-electron chi connectivity index (χ0n) is 11.4. The molecule has 1 aliphatic rings. The number of halogens is 3. The van der Waals surface area contributed by atoms with Crippen molar-refractivity contribution < 1.29 is 0 Å². The molecule has 116 valence electrons. The van der Waals surface area contributed by atoms with Crippen molar-refractivity contribution >= 4 is 47.8 Å². The van der Waals surface area contributed by atoms with Gasteiger partial charge >= 0.3 is 0 Å². The molecule has 21 heavy (non-hydrogen) atoms. The van der Waals surface area contributed by atoms with Gasteiger partial charge in [0.1, 0.15) is 5.15 Å². The highest BCUT2D eigenvalue weighted by Gasteiger charge is 2.26. The third-order valence-electron chi connectivity index (χ3n) is 3.41. The molecule has 2 aromatic rings. The minimum Gasteiger partial charge on any atom is -0.314 e. The Morgan fingerprint density at radius 2 is 1.95 bits per heavy atom. The van der Waals surface area contributed by atoms with Gasteiger partial charge in [0, 0.05) is 42.8 Å². The molecule has 1 aliphatic heterocycles. The first-order chi connectivity index (χ1) is 9.36. The minimum atomic E-state index is 0. The number of hydrogen-bond donors (Lipinski definition) is 1. The zero-order valence-corrected chi connectivity index (χ0v) is 14.6. The first-order valence-electron chi connectivity index (χ1n) is 6.45. The molecule has 1 N–H and O–H groups in total. The van der Waals surface area contributed by atoms with E-state index in [1.54, 1.807) is 17.5 Å². The van der Waals surface area contributed by atoms with Crippen LogP contribution in [0.15, 0.2) is 35.8 Å². The van der Waals surface area contributed by atoms with E-state index in [0.717, 1.165) is 31.7 Å². The van der Waals surface area contributed by atoms with Crippen LogP contribution in [0.5, 0.6) is 0 Å². The molecule has 3 nitrogen and oxygen atoms in total. The summed E-state index contributed by atoms with van der Waals surface area (Å²) in [6, 6.07) is 8.55. The molecule has 1 atom stereocenters. The summed E-state index contributed by atoms with van der Waals surface area (Å²) in [7, 11) is 0. The van der Waals surface area contributed by atoms with Gasteiger partial charge in [-0.05, 0) is 17.5 Å². The molecule has 1 fully saturated rings. The SMILES string of the molecule is Cl.Cl.Clc1ncccc1[C@H](c1cccs1)N1CCNCC1. The molecule has 2 aromatic heterocycles. The Hall–Kier alpha value is -0.360. The van der Waals surface area contributed by atoms with Crippen LogP contribution in [0.25, 0.3) is 0 Å². The maximum absolute atomic E-state index is 6.31. The van der Waals surface area contributed by atoms with Gasteiger partial charge in [-0.25, -0.2) is 4.98 Å². The Morgan fingerprint density at radius 1 is 1.19 bits per heavy atom. The van der Waals surface area contributed by atoms with Gasteiger partial charge in [-0.3, -0.25) is 4.90 Å². The fraction of sp³-hybridized carbons (Fsp3) is 0.357. The normalized spacial score (nSPS) is 16.6. The summed E-state index contributed by atoms with van der Waals surface area (Å²) in [5, 5.41) is 6.12. The van der Waals surface area contributed by atoms with Crippen molar-refractivity contribution in [2.75, 3.05) is 26.2 Å². The van der Waals surface area contributed by atoms with Crippen LogP contribution in [0, 0.1) is 0 Å². The molecule has 0 aliphatic carbocycles. The quantitative estimate of drug-likeness (QED) is 0.841. The van der Waals surface area contributed by atoms with Crippen LogP contribution in [0.1, 0.15) is 16.5 Å². The van der Waals surface area contributed by atoms with Crippen molar-refractivity contribution in [3.8, 4) is 0 Å². The van der Waals surface area contributed by atoms with Gasteiger partial charge < -0.3 is 5.32 Å². The molecule has 0 radical (unpaired) electrons. The lowest BCUT2D eigenvalue weighted by Gasteiger charge is -2.34. The Bertz CT molecular complexity index is 530. The van der Waals surface area contributed by atoms with Crippen LogP contribution in [0.3, 0.4) is 0 Å². The number of hydrogen-bond acceptors (Lipinski definition) is 4. The lowest BCUT2D eigenvalue weighted by molar-refractivity contribution is 0.200. The van der Waals surface area contributed by atoms with Crippen LogP contribution >= 0.6 is 47.8 Å². The molecule has 0 spiro atoms. The molecule has 0 unspecified atom stereocenters. The molecule has 0 aromatic carbocycles. The highest BCUT2D eigenvalue weighted by Crippen LogP contribution is 2.34. The molecular weight excluding hydrogens is 349 g/mol. The predicted molar refractivity (Wildman–Crippen MR) is 94.3 cm³/mol. The van der Waals surface area contributed by atoms with Crippen LogP contribution in [0.4, 0.5) is 0 Å². The number of aromatic nitrogens is 1. The summed E-state index contributed by atoms with van der Waals surface area (Å²) >= 11 is 8.09. The second-order valence-electron chi connectivity index (χ2n) is 4.59. The fourth-order valence-corrected chi connectivity index (χ4v) is 3.62. The number of pyridine rings is 1. The molecule has 3 heterocycles. The zero-order chi connectivity index (χ0) is 13.1. The van der Waals surface area contributed by atoms with Crippen LogP contribution in [-0.4, -0.2) is 36.1 Å². The Morgan fingerprint density at radius 3 is 2.57 bits per heavy atom. The van der Waals surface area contributed by atoms with Crippen molar-refractivity contribution in [1.82, 2.24) is 15.2 Å². The maximum Gasteiger partial charge on any atom is 0.134 e. The second kappa shape index (κ2) is 8.93. The average Bonchev–Trinajstić information content (AvgIpc) is 2.96. The molecule has 3 rings (SSSR count). The highest BCUT2D eigenvalue weighted by molar-refractivity contribution is 7.10. The van der Waals surface area contributed by atoms with E-state index in [9.17, 15) is 0 Å². The number of rotatable bonds is 3. The Balaban J connectivity index is 0.00000110. The number of nitrogens with one attached hydrogen (secondary N) is 1. The number of nitrogens with zero attached hydrogens (tertiary/aromatic N) is 2. The second-order valence-corrected chi connectivity index (χ2v) is 5.92. The fourth-order valence-electron chi connectivity index (χ4n) is 2.52. The van der Waals surface area contributed by atoms with Crippen molar-refractivity contribution in [2.24, 2.45) is 0 Å². The van der Waals surface area contributed by atoms with E-state index in [2.05, 4.69) is 38.8 Å². The van der Waals surface area contributed by atoms with Crippen LogP contribution in [0.2, 0.25) is 5.15 Å². The van der Waals surface area contributed by atoms with Crippen molar-refractivity contribution in [2.45, 2.75) is 6.04 Å². The standard InChI is InChI=1S/C14H16ClN3S.2ClH/c15-14-11(3-1-5-17-14)13(12-4-2-10-19-12)18-8-6-16-7-9-18;;/h1-5,10,13,16H,6-9H2;2*1H/t13-;;/m1../s1. The largest absolute Gasteiger partial charge is 0.314 e. The van der Waals surface area contributed by atoms with E-state index in [1.807, 2.05) is 6.07 Å². The molecular formula is C14H18Cl3N3S. The Labute approximate surface area is 146 Å². The van der Waals surface area contributed by atoms with E-state index < -0.39 is 0 Å². The van der Waals surface area contributed by atoms with Gasteiger partial charge in [0.25, 0.3) is 0 Å².